The number of halogens is 3. The second kappa shape index (κ2) is 12.1. The Morgan fingerprint density at radius 1 is 1.09 bits per heavy atom. The van der Waals surface area contributed by atoms with Crippen LogP contribution in [0.15, 0.2) is 36.5 Å². The van der Waals surface area contributed by atoms with Crippen molar-refractivity contribution in [2.45, 2.75) is 95.9 Å². The maximum atomic E-state index is 14.1. The van der Waals surface area contributed by atoms with Gasteiger partial charge in [-0.3, -0.25) is 4.79 Å². The van der Waals surface area contributed by atoms with Crippen molar-refractivity contribution in [3.8, 4) is 5.88 Å². The van der Waals surface area contributed by atoms with Crippen LogP contribution in [0.2, 0.25) is 0 Å². The van der Waals surface area contributed by atoms with Crippen LogP contribution >= 0.6 is 0 Å². The number of carboxylic acids is 1. The lowest BCUT2D eigenvalue weighted by Crippen LogP contribution is -2.50. The fraction of sp³-hybridized carbons (Fsp3) is 0.594. The SMILES string of the molecule is COc1ncc(C(F)(F)F)cc1CO[C@H]1[C@H](C(C)(C)C)[C@@H](C(=O)O)N(C(=O)[C@@H]2CCCO2)[C@H]1c1cccc(C2CCC2)c1. The maximum Gasteiger partial charge on any atom is 0.417 e. The Labute approximate surface area is 249 Å². The molecule has 1 N–H and O–H groups in total. The van der Waals surface area contributed by atoms with Crippen LogP contribution in [-0.2, 0) is 31.8 Å². The molecular weight excluding hydrogens is 565 g/mol. The van der Waals surface area contributed by atoms with Gasteiger partial charge in [-0.2, -0.15) is 13.2 Å². The van der Waals surface area contributed by atoms with E-state index in [1.807, 2.05) is 45.0 Å². The number of aliphatic carboxylic acids is 1. The number of rotatable bonds is 8. The van der Waals surface area contributed by atoms with Gasteiger partial charge >= 0.3 is 12.1 Å². The van der Waals surface area contributed by atoms with Crippen LogP contribution in [0.5, 0.6) is 5.88 Å². The Balaban J connectivity index is 1.61. The highest BCUT2D eigenvalue weighted by atomic mass is 19.4. The molecule has 5 rings (SSSR count). The van der Waals surface area contributed by atoms with E-state index in [2.05, 4.69) is 4.98 Å². The minimum Gasteiger partial charge on any atom is -0.481 e. The van der Waals surface area contributed by atoms with Crippen molar-refractivity contribution < 1.29 is 42.1 Å². The molecule has 1 amide bonds. The second-order valence-electron chi connectivity index (χ2n) is 12.8. The van der Waals surface area contributed by atoms with Crippen LogP contribution in [0.3, 0.4) is 0 Å². The molecule has 1 aromatic carbocycles. The number of hydrogen-bond acceptors (Lipinski definition) is 6. The molecule has 1 aromatic heterocycles. The fourth-order valence-electron chi connectivity index (χ4n) is 6.74. The molecule has 8 nitrogen and oxygen atoms in total. The highest BCUT2D eigenvalue weighted by Gasteiger charge is 2.59. The van der Waals surface area contributed by atoms with E-state index in [4.69, 9.17) is 14.2 Å². The van der Waals surface area contributed by atoms with E-state index in [0.717, 1.165) is 36.5 Å². The molecule has 0 bridgehead atoms. The van der Waals surface area contributed by atoms with Crippen LogP contribution < -0.4 is 4.74 Å². The normalized spacial score (nSPS) is 26.4. The minimum atomic E-state index is -4.63. The van der Waals surface area contributed by atoms with Gasteiger partial charge in [-0.25, -0.2) is 9.78 Å². The van der Waals surface area contributed by atoms with Gasteiger partial charge in [0, 0.05) is 24.3 Å². The molecule has 3 aliphatic rings. The Kier molecular flexibility index (Phi) is 8.77. The number of amides is 1. The smallest absolute Gasteiger partial charge is 0.417 e. The summed E-state index contributed by atoms with van der Waals surface area (Å²) in [7, 11) is 1.31. The van der Waals surface area contributed by atoms with E-state index in [1.54, 1.807) is 0 Å². The number of alkyl halides is 3. The molecule has 2 saturated heterocycles. The van der Waals surface area contributed by atoms with Gasteiger partial charge < -0.3 is 24.2 Å². The van der Waals surface area contributed by atoms with Crippen molar-refractivity contribution in [3.05, 3.63) is 58.8 Å². The average Bonchev–Trinajstić information content (AvgIpc) is 3.57. The third kappa shape index (κ3) is 6.24. The number of carbonyl (C=O) groups is 2. The first-order chi connectivity index (χ1) is 20.3. The molecule has 234 valence electrons. The molecule has 0 radical (unpaired) electrons. The van der Waals surface area contributed by atoms with Crippen LogP contribution in [0, 0.1) is 11.3 Å². The second-order valence-corrected chi connectivity index (χ2v) is 12.8. The Bertz CT molecular complexity index is 1330. The highest BCUT2D eigenvalue weighted by molar-refractivity contribution is 5.88. The molecule has 2 aromatic rings. The first-order valence-corrected chi connectivity index (χ1v) is 14.8. The molecule has 1 saturated carbocycles. The number of ether oxygens (including phenoxy) is 3. The van der Waals surface area contributed by atoms with Gasteiger partial charge in [0.2, 0.25) is 5.88 Å². The summed E-state index contributed by atoms with van der Waals surface area (Å²) in [5.74, 6) is -1.93. The number of hydrogen-bond donors (Lipinski definition) is 1. The van der Waals surface area contributed by atoms with Crippen molar-refractivity contribution in [2.75, 3.05) is 13.7 Å². The summed E-state index contributed by atoms with van der Waals surface area (Å²) < 4.78 is 58.2. The number of aromatic nitrogens is 1. The predicted molar refractivity (Wildman–Crippen MR) is 150 cm³/mol. The van der Waals surface area contributed by atoms with E-state index < -0.39 is 59.2 Å². The van der Waals surface area contributed by atoms with Crippen LogP contribution in [0.4, 0.5) is 13.2 Å². The van der Waals surface area contributed by atoms with Crippen molar-refractivity contribution in [1.29, 1.82) is 0 Å². The molecular formula is C32H39F3N2O6. The number of benzene rings is 1. The average molecular weight is 605 g/mol. The van der Waals surface area contributed by atoms with Crippen molar-refractivity contribution in [3.63, 3.8) is 0 Å². The predicted octanol–water partition coefficient (Wildman–Crippen LogP) is 6.14. The van der Waals surface area contributed by atoms with Crippen molar-refractivity contribution in [1.82, 2.24) is 9.88 Å². The fourth-order valence-corrected chi connectivity index (χ4v) is 6.74. The summed E-state index contributed by atoms with van der Waals surface area (Å²) in [6, 6.07) is 6.72. The number of nitrogens with zero attached hydrogens (tertiary/aromatic N) is 2. The monoisotopic (exact) mass is 604 g/mol. The standard InChI is InChI=1S/C32H39F3N2O6/c1-31(2,3)24-26(30(39)40)37(29(38)23-12-7-13-42-23)25(20-11-6-10-19(14-20)18-8-5-9-18)27(24)43-17-21-15-22(32(33,34)35)16-36-28(21)41-4/h6,10-11,14-16,18,23-27H,5,7-9,12-13,17H2,1-4H3,(H,39,40)/t23-,24+,25-,26-,27-/m0/s1. The molecule has 3 fully saturated rings. The minimum absolute atomic E-state index is 0.0242. The molecule has 0 spiro atoms. The number of carboxylic acid groups (broad SMARTS) is 1. The Morgan fingerprint density at radius 3 is 2.37 bits per heavy atom. The van der Waals surface area contributed by atoms with Gasteiger partial charge in [-0.15, -0.1) is 0 Å². The van der Waals surface area contributed by atoms with E-state index in [-0.39, 0.29) is 18.1 Å². The Hall–Kier alpha value is -3.18. The van der Waals surface area contributed by atoms with Crippen LogP contribution in [-0.4, -0.2) is 58.8 Å². The van der Waals surface area contributed by atoms with E-state index in [9.17, 15) is 27.9 Å². The molecule has 3 heterocycles. The third-order valence-corrected chi connectivity index (χ3v) is 9.02. The molecule has 2 aliphatic heterocycles. The van der Waals surface area contributed by atoms with Crippen molar-refractivity contribution in [2.24, 2.45) is 11.3 Å². The van der Waals surface area contributed by atoms with E-state index >= 15 is 0 Å². The van der Waals surface area contributed by atoms with Gasteiger partial charge in [0.05, 0.1) is 31.4 Å². The highest BCUT2D eigenvalue weighted by Crippen LogP contribution is 2.51. The van der Waals surface area contributed by atoms with Gasteiger partial charge in [-0.1, -0.05) is 51.5 Å². The lowest BCUT2D eigenvalue weighted by Gasteiger charge is -2.35. The largest absolute Gasteiger partial charge is 0.481 e. The molecule has 5 atom stereocenters. The van der Waals surface area contributed by atoms with E-state index in [1.165, 1.54) is 12.0 Å². The Morgan fingerprint density at radius 2 is 1.81 bits per heavy atom. The summed E-state index contributed by atoms with van der Waals surface area (Å²) in [6.45, 7) is 5.74. The lowest BCUT2D eigenvalue weighted by atomic mass is 9.73. The van der Waals surface area contributed by atoms with Crippen LogP contribution in [0.1, 0.15) is 87.1 Å². The zero-order valence-electron chi connectivity index (χ0n) is 24.9. The van der Waals surface area contributed by atoms with Gasteiger partial charge in [0.15, 0.2) is 0 Å². The summed E-state index contributed by atoms with van der Waals surface area (Å²) in [5, 5.41) is 10.6. The van der Waals surface area contributed by atoms with Crippen molar-refractivity contribution >= 4 is 11.9 Å². The number of likely N-dealkylation sites (tertiary alicyclic amines) is 1. The lowest BCUT2D eigenvalue weighted by molar-refractivity contribution is -0.156. The van der Waals surface area contributed by atoms with E-state index in [0.29, 0.717) is 31.6 Å². The molecule has 11 heteroatoms. The van der Waals surface area contributed by atoms with Gasteiger partial charge in [0.25, 0.3) is 5.91 Å². The molecule has 1 aliphatic carbocycles. The first kappa shape index (κ1) is 31.3. The van der Waals surface area contributed by atoms with Crippen LogP contribution in [0.25, 0.3) is 0 Å². The zero-order valence-corrected chi connectivity index (χ0v) is 24.9. The summed E-state index contributed by atoms with van der Waals surface area (Å²) in [6.07, 6.45) is -1.16. The zero-order chi connectivity index (χ0) is 31.1. The number of methoxy groups -OCH3 is 1. The third-order valence-electron chi connectivity index (χ3n) is 9.02. The quantitative estimate of drug-likeness (QED) is 0.387. The summed E-state index contributed by atoms with van der Waals surface area (Å²) in [5.41, 5.74) is 0.297. The maximum absolute atomic E-state index is 14.1. The number of pyridine rings is 1. The molecule has 43 heavy (non-hydrogen) atoms. The summed E-state index contributed by atoms with van der Waals surface area (Å²) in [4.78, 5) is 32.4. The number of carbonyl (C=O) groups excluding carboxylic acids is 1. The topological polar surface area (TPSA) is 98.2 Å². The van der Waals surface area contributed by atoms with Gasteiger partial charge in [-0.05, 0) is 54.2 Å². The van der Waals surface area contributed by atoms with Gasteiger partial charge in [0.1, 0.15) is 12.1 Å². The molecule has 0 unspecified atom stereocenters. The first-order valence-electron chi connectivity index (χ1n) is 14.8. The summed E-state index contributed by atoms with van der Waals surface area (Å²) >= 11 is 0.